The van der Waals surface area contributed by atoms with E-state index in [4.69, 9.17) is 5.73 Å². The molecule has 1 aromatic carbocycles. The number of hydrogen-bond donors (Lipinski definition) is 2. The average Bonchev–Trinajstić information content (AvgIpc) is 2.24. The minimum absolute atomic E-state index is 0.0148. The van der Waals surface area contributed by atoms with Crippen LogP contribution in [-0.2, 0) is 4.79 Å². The molecule has 0 bridgehead atoms. The topological polar surface area (TPSA) is 55.1 Å². The van der Waals surface area contributed by atoms with Crippen LogP contribution in [0.25, 0.3) is 0 Å². The summed E-state index contributed by atoms with van der Waals surface area (Å²) in [6.07, 6.45) is 0.830. The van der Waals surface area contributed by atoms with Crippen LogP contribution in [0.1, 0.15) is 31.4 Å². The van der Waals surface area contributed by atoms with Crippen molar-refractivity contribution in [3.05, 3.63) is 23.3 Å². The third kappa shape index (κ3) is 2.75. The van der Waals surface area contributed by atoms with E-state index in [1.165, 1.54) is 0 Å². The van der Waals surface area contributed by atoms with Crippen LogP contribution in [0.2, 0.25) is 0 Å². The first-order chi connectivity index (χ1) is 7.45. The number of nitrogens with two attached hydrogens (primary N) is 1. The van der Waals surface area contributed by atoms with Gasteiger partial charge in [0.2, 0.25) is 5.91 Å². The summed E-state index contributed by atoms with van der Waals surface area (Å²) < 4.78 is 0. The van der Waals surface area contributed by atoms with Gasteiger partial charge in [0.15, 0.2) is 0 Å². The highest BCUT2D eigenvalue weighted by molar-refractivity contribution is 5.95. The van der Waals surface area contributed by atoms with E-state index in [2.05, 4.69) is 5.32 Å². The maximum Gasteiger partial charge on any atom is 0.227 e. The number of rotatable bonds is 3. The predicted octanol–water partition coefficient (Wildman–Crippen LogP) is 2.87. The molecule has 3 N–H and O–H groups in total. The molecule has 1 rings (SSSR count). The molecule has 16 heavy (non-hydrogen) atoms. The number of nitrogens with one attached hydrogen (secondary N) is 1. The van der Waals surface area contributed by atoms with E-state index in [1.54, 1.807) is 0 Å². The number of anilines is 2. The summed E-state index contributed by atoms with van der Waals surface area (Å²) >= 11 is 0. The summed E-state index contributed by atoms with van der Waals surface area (Å²) in [6, 6.07) is 3.81. The van der Waals surface area contributed by atoms with Gasteiger partial charge in [0.05, 0.1) is 11.4 Å². The summed E-state index contributed by atoms with van der Waals surface area (Å²) in [6.45, 7) is 7.92. The molecule has 0 aliphatic carbocycles. The van der Waals surface area contributed by atoms with E-state index >= 15 is 0 Å². The number of carbonyl (C=O) groups excluding carboxylic acids is 1. The van der Waals surface area contributed by atoms with Crippen LogP contribution in [0.15, 0.2) is 12.1 Å². The van der Waals surface area contributed by atoms with Crippen molar-refractivity contribution >= 4 is 17.3 Å². The van der Waals surface area contributed by atoms with Gasteiger partial charge in [-0.1, -0.05) is 13.8 Å². The lowest BCUT2D eigenvalue weighted by Gasteiger charge is -2.13. The van der Waals surface area contributed by atoms with Gasteiger partial charge in [-0.3, -0.25) is 4.79 Å². The molecule has 0 heterocycles. The zero-order valence-electron chi connectivity index (χ0n) is 10.4. The van der Waals surface area contributed by atoms with E-state index in [1.807, 2.05) is 39.8 Å². The summed E-state index contributed by atoms with van der Waals surface area (Å²) in [4.78, 5) is 11.7. The van der Waals surface area contributed by atoms with Gasteiger partial charge in [0.1, 0.15) is 0 Å². The molecule has 1 amide bonds. The molecule has 0 saturated carbocycles. The van der Waals surface area contributed by atoms with Crippen LogP contribution < -0.4 is 11.1 Å². The molecule has 1 unspecified atom stereocenters. The molecule has 0 aliphatic heterocycles. The van der Waals surface area contributed by atoms with Crippen molar-refractivity contribution < 1.29 is 4.79 Å². The maximum absolute atomic E-state index is 11.7. The number of nitrogen functional groups attached to an aromatic ring is 1. The minimum Gasteiger partial charge on any atom is -0.397 e. The van der Waals surface area contributed by atoms with Gasteiger partial charge >= 0.3 is 0 Å². The Labute approximate surface area is 97.0 Å². The molecule has 0 radical (unpaired) electrons. The molecule has 0 saturated heterocycles. The molecule has 88 valence electrons. The Morgan fingerprint density at radius 1 is 1.38 bits per heavy atom. The van der Waals surface area contributed by atoms with Gasteiger partial charge in [0.25, 0.3) is 0 Å². The highest BCUT2D eigenvalue weighted by Gasteiger charge is 2.12. The quantitative estimate of drug-likeness (QED) is 0.769. The Morgan fingerprint density at radius 3 is 2.50 bits per heavy atom. The van der Waals surface area contributed by atoms with E-state index in [0.717, 1.165) is 17.5 Å². The van der Waals surface area contributed by atoms with E-state index in [0.29, 0.717) is 11.4 Å². The second-order valence-corrected chi connectivity index (χ2v) is 4.32. The number of amides is 1. The van der Waals surface area contributed by atoms with Crippen molar-refractivity contribution in [2.75, 3.05) is 11.1 Å². The first kappa shape index (κ1) is 12.6. The molecule has 0 fully saturated rings. The molecule has 0 aromatic heterocycles. The zero-order valence-corrected chi connectivity index (χ0v) is 10.4. The van der Waals surface area contributed by atoms with Crippen LogP contribution >= 0.6 is 0 Å². The normalized spacial score (nSPS) is 12.2. The third-order valence-corrected chi connectivity index (χ3v) is 2.98. The second-order valence-electron chi connectivity index (χ2n) is 4.32. The standard InChI is InChI=1S/C13H20N2O/c1-5-8(2)13(16)15-12-7-10(4)9(3)6-11(12)14/h6-8H,5,14H2,1-4H3,(H,15,16). The molecular formula is C13H20N2O. The van der Waals surface area contributed by atoms with Crippen molar-refractivity contribution in [3.8, 4) is 0 Å². The Morgan fingerprint density at radius 2 is 1.94 bits per heavy atom. The van der Waals surface area contributed by atoms with Gasteiger partial charge in [0, 0.05) is 5.92 Å². The molecular weight excluding hydrogens is 200 g/mol. The highest BCUT2D eigenvalue weighted by atomic mass is 16.1. The number of aryl methyl sites for hydroxylation is 2. The third-order valence-electron chi connectivity index (χ3n) is 2.98. The smallest absolute Gasteiger partial charge is 0.227 e. The van der Waals surface area contributed by atoms with E-state index in [9.17, 15) is 4.79 Å². The van der Waals surface area contributed by atoms with E-state index < -0.39 is 0 Å². The van der Waals surface area contributed by atoms with Crippen molar-refractivity contribution in [1.82, 2.24) is 0 Å². The first-order valence-corrected chi connectivity index (χ1v) is 5.63. The fourth-order valence-electron chi connectivity index (χ4n) is 1.39. The molecule has 3 heteroatoms. The lowest BCUT2D eigenvalue weighted by molar-refractivity contribution is -0.119. The largest absolute Gasteiger partial charge is 0.397 e. The lowest BCUT2D eigenvalue weighted by atomic mass is 10.1. The zero-order chi connectivity index (χ0) is 12.3. The molecule has 1 atom stereocenters. The van der Waals surface area contributed by atoms with Gasteiger partial charge < -0.3 is 11.1 Å². The Bertz CT molecular complexity index is 399. The fourth-order valence-corrected chi connectivity index (χ4v) is 1.39. The van der Waals surface area contributed by atoms with Gasteiger partial charge in [-0.2, -0.15) is 0 Å². The Kier molecular flexibility index (Phi) is 3.93. The second kappa shape index (κ2) is 5.01. The summed E-state index contributed by atoms with van der Waals surface area (Å²) in [7, 11) is 0. The van der Waals surface area contributed by atoms with Gasteiger partial charge in [-0.05, 0) is 43.5 Å². The summed E-state index contributed by atoms with van der Waals surface area (Å²) in [5.74, 6) is 0.0402. The number of benzene rings is 1. The van der Waals surface area contributed by atoms with Crippen LogP contribution in [0, 0.1) is 19.8 Å². The summed E-state index contributed by atoms with van der Waals surface area (Å²) in [5, 5.41) is 2.86. The van der Waals surface area contributed by atoms with Crippen molar-refractivity contribution in [1.29, 1.82) is 0 Å². The van der Waals surface area contributed by atoms with Crippen LogP contribution in [-0.4, -0.2) is 5.91 Å². The van der Waals surface area contributed by atoms with Crippen molar-refractivity contribution in [3.63, 3.8) is 0 Å². The molecule has 0 spiro atoms. The van der Waals surface area contributed by atoms with Crippen LogP contribution in [0.3, 0.4) is 0 Å². The number of hydrogen-bond acceptors (Lipinski definition) is 2. The fraction of sp³-hybridized carbons (Fsp3) is 0.462. The number of carbonyl (C=O) groups is 1. The lowest BCUT2D eigenvalue weighted by Crippen LogP contribution is -2.20. The van der Waals surface area contributed by atoms with Crippen LogP contribution in [0.4, 0.5) is 11.4 Å². The SMILES string of the molecule is CCC(C)C(=O)Nc1cc(C)c(C)cc1N. The predicted molar refractivity (Wildman–Crippen MR) is 68.4 cm³/mol. The molecule has 0 aliphatic rings. The Hall–Kier alpha value is -1.51. The first-order valence-electron chi connectivity index (χ1n) is 5.63. The summed E-state index contributed by atoms with van der Waals surface area (Å²) in [5.41, 5.74) is 9.48. The van der Waals surface area contributed by atoms with Gasteiger partial charge in [-0.15, -0.1) is 0 Å². The maximum atomic E-state index is 11.7. The highest BCUT2D eigenvalue weighted by Crippen LogP contribution is 2.23. The average molecular weight is 220 g/mol. The molecule has 1 aromatic rings. The van der Waals surface area contributed by atoms with Crippen molar-refractivity contribution in [2.45, 2.75) is 34.1 Å². The Balaban J connectivity index is 2.90. The van der Waals surface area contributed by atoms with Crippen LogP contribution in [0.5, 0.6) is 0 Å². The van der Waals surface area contributed by atoms with Crippen molar-refractivity contribution in [2.24, 2.45) is 5.92 Å². The van der Waals surface area contributed by atoms with Gasteiger partial charge in [-0.25, -0.2) is 0 Å². The monoisotopic (exact) mass is 220 g/mol. The molecule has 3 nitrogen and oxygen atoms in total. The minimum atomic E-state index is 0.0148. The van der Waals surface area contributed by atoms with E-state index in [-0.39, 0.29) is 11.8 Å².